The fourth-order valence-corrected chi connectivity index (χ4v) is 1.32. The number of halogens is 3. The predicted molar refractivity (Wildman–Crippen MR) is 63.4 cm³/mol. The summed E-state index contributed by atoms with van der Waals surface area (Å²) in [6, 6.07) is 2.35. The lowest BCUT2D eigenvalue weighted by Gasteiger charge is -2.13. The molecule has 18 heavy (non-hydrogen) atoms. The maximum absolute atomic E-state index is 11.9. The maximum atomic E-state index is 11.9. The quantitative estimate of drug-likeness (QED) is 0.716. The van der Waals surface area contributed by atoms with Gasteiger partial charge in [0.1, 0.15) is 6.54 Å². The third-order valence-electron chi connectivity index (χ3n) is 2.31. The van der Waals surface area contributed by atoms with E-state index in [0.29, 0.717) is 16.9 Å². The van der Waals surface area contributed by atoms with Gasteiger partial charge in [0.15, 0.2) is 0 Å². The van der Waals surface area contributed by atoms with Crippen LogP contribution in [0.1, 0.15) is 11.1 Å². The van der Waals surface area contributed by atoms with Crippen molar-refractivity contribution in [3.05, 3.63) is 23.3 Å². The van der Waals surface area contributed by atoms with E-state index in [1.807, 2.05) is 0 Å². The highest BCUT2D eigenvalue weighted by Gasteiger charge is 2.27. The molecule has 0 saturated heterocycles. The number of rotatable bonds is 2. The zero-order valence-electron chi connectivity index (χ0n) is 9.98. The molecule has 1 aromatic carbocycles. The van der Waals surface area contributed by atoms with Crippen LogP contribution >= 0.6 is 0 Å². The number of hydrogen-bond acceptors (Lipinski definition) is 2. The molecule has 0 aliphatic heterocycles. The monoisotopic (exact) mass is 261 g/mol. The van der Waals surface area contributed by atoms with E-state index in [1.165, 1.54) is 0 Å². The minimum absolute atomic E-state index is 0.432. The number of nitrogen functional groups attached to an aromatic ring is 1. The molecule has 0 aromatic heterocycles. The number of amides is 2. The van der Waals surface area contributed by atoms with Gasteiger partial charge >= 0.3 is 12.2 Å². The zero-order chi connectivity index (χ0) is 13.9. The van der Waals surface area contributed by atoms with Crippen molar-refractivity contribution >= 4 is 17.4 Å². The van der Waals surface area contributed by atoms with Crippen molar-refractivity contribution in [1.29, 1.82) is 0 Å². The molecule has 0 aliphatic rings. The number of urea groups is 1. The van der Waals surface area contributed by atoms with Crippen LogP contribution in [0.25, 0.3) is 0 Å². The van der Waals surface area contributed by atoms with Crippen LogP contribution in [0.2, 0.25) is 0 Å². The van der Waals surface area contributed by atoms with Crippen molar-refractivity contribution in [3.63, 3.8) is 0 Å². The molecule has 1 rings (SSSR count). The van der Waals surface area contributed by atoms with Crippen molar-refractivity contribution in [2.24, 2.45) is 0 Å². The Bertz CT molecular complexity index is 458. The van der Waals surface area contributed by atoms with Crippen LogP contribution in [0, 0.1) is 13.8 Å². The molecule has 100 valence electrons. The normalized spacial score (nSPS) is 11.2. The summed E-state index contributed by atoms with van der Waals surface area (Å²) in [5, 5.41) is 4.07. The van der Waals surface area contributed by atoms with Gasteiger partial charge in [0.2, 0.25) is 0 Å². The summed E-state index contributed by atoms with van der Waals surface area (Å²) in [6.45, 7) is 2.08. The Kier molecular flexibility index (Phi) is 4.05. The van der Waals surface area contributed by atoms with Gasteiger partial charge in [-0.3, -0.25) is 0 Å². The van der Waals surface area contributed by atoms with Crippen LogP contribution in [-0.2, 0) is 0 Å². The number of carbonyl (C=O) groups excluding carboxylic acids is 1. The Hall–Kier alpha value is -1.92. The molecule has 2 amide bonds. The standard InChI is InChI=1S/C11H14F3N3O/c1-6-4-9(7(2)3-8(6)15)17-10(18)16-5-11(12,13)14/h3-4H,5,15H2,1-2H3,(H2,16,17,18). The van der Waals surface area contributed by atoms with E-state index in [-0.39, 0.29) is 0 Å². The molecule has 0 atom stereocenters. The number of hydrogen-bond donors (Lipinski definition) is 3. The number of aryl methyl sites for hydroxylation is 2. The van der Waals surface area contributed by atoms with E-state index < -0.39 is 18.8 Å². The third kappa shape index (κ3) is 4.15. The van der Waals surface area contributed by atoms with E-state index in [0.717, 1.165) is 5.56 Å². The Labute approximate surface area is 102 Å². The number of alkyl halides is 3. The van der Waals surface area contributed by atoms with Crippen molar-refractivity contribution in [2.45, 2.75) is 20.0 Å². The molecule has 0 saturated carbocycles. The molecule has 0 aliphatic carbocycles. The minimum Gasteiger partial charge on any atom is -0.399 e. The van der Waals surface area contributed by atoms with Gasteiger partial charge in [-0.05, 0) is 37.1 Å². The summed E-state index contributed by atoms with van der Waals surface area (Å²) in [5.74, 6) is 0. The summed E-state index contributed by atoms with van der Waals surface area (Å²) in [6.07, 6.45) is -4.43. The van der Waals surface area contributed by atoms with Crippen LogP contribution in [0.15, 0.2) is 12.1 Å². The molecule has 0 fully saturated rings. The van der Waals surface area contributed by atoms with E-state index >= 15 is 0 Å². The van der Waals surface area contributed by atoms with E-state index in [1.54, 1.807) is 31.3 Å². The largest absolute Gasteiger partial charge is 0.405 e. The fourth-order valence-electron chi connectivity index (χ4n) is 1.32. The average Bonchev–Trinajstić information content (AvgIpc) is 2.22. The summed E-state index contributed by atoms with van der Waals surface area (Å²) < 4.78 is 35.7. The van der Waals surface area contributed by atoms with Crippen LogP contribution in [-0.4, -0.2) is 18.8 Å². The Morgan fingerprint density at radius 1 is 1.28 bits per heavy atom. The topological polar surface area (TPSA) is 67.2 Å². The van der Waals surface area contributed by atoms with Crippen molar-refractivity contribution in [3.8, 4) is 0 Å². The van der Waals surface area contributed by atoms with Gasteiger partial charge in [0.05, 0.1) is 0 Å². The van der Waals surface area contributed by atoms with Gasteiger partial charge in [-0.1, -0.05) is 0 Å². The maximum Gasteiger partial charge on any atom is 0.405 e. The molecular formula is C11H14F3N3O. The van der Waals surface area contributed by atoms with Gasteiger partial charge < -0.3 is 16.4 Å². The molecule has 0 radical (unpaired) electrons. The lowest BCUT2D eigenvalue weighted by Crippen LogP contribution is -2.36. The number of nitrogens with two attached hydrogens (primary N) is 1. The molecule has 0 bridgehead atoms. The van der Waals surface area contributed by atoms with Crippen LogP contribution in [0.4, 0.5) is 29.3 Å². The second-order valence-electron chi connectivity index (χ2n) is 3.95. The molecule has 7 heteroatoms. The van der Waals surface area contributed by atoms with Crippen molar-refractivity contribution < 1.29 is 18.0 Å². The summed E-state index contributed by atoms with van der Waals surface area (Å²) in [7, 11) is 0. The first-order valence-electron chi connectivity index (χ1n) is 5.17. The average molecular weight is 261 g/mol. The van der Waals surface area contributed by atoms with E-state index in [4.69, 9.17) is 5.73 Å². The lowest BCUT2D eigenvalue weighted by atomic mass is 10.1. The Morgan fingerprint density at radius 2 is 1.89 bits per heavy atom. The first kappa shape index (κ1) is 14.1. The van der Waals surface area contributed by atoms with Gasteiger partial charge in [0.25, 0.3) is 0 Å². The van der Waals surface area contributed by atoms with Gasteiger partial charge in [0, 0.05) is 11.4 Å². The zero-order valence-corrected chi connectivity index (χ0v) is 9.98. The third-order valence-corrected chi connectivity index (χ3v) is 2.31. The highest BCUT2D eigenvalue weighted by atomic mass is 19.4. The Morgan fingerprint density at radius 3 is 2.44 bits per heavy atom. The van der Waals surface area contributed by atoms with Crippen molar-refractivity contribution in [2.75, 3.05) is 17.6 Å². The van der Waals surface area contributed by atoms with Crippen LogP contribution in [0.3, 0.4) is 0 Å². The number of anilines is 2. The van der Waals surface area contributed by atoms with Crippen LogP contribution < -0.4 is 16.4 Å². The molecule has 0 spiro atoms. The highest BCUT2D eigenvalue weighted by Crippen LogP contribution is 2.22. The molecule has 0 heterocycles. The van der Waals surface area contributed by atoms with Crippen molar-refractivity contribution in [1.82, 2.24) is 5.32 Å². The first-order valence-corrected chi connectivity index (χ1v) is 5.17. The summed E-state index contributed by atoms with van der Waals surface area (Å²) in [5.41, 5.74) is 8.08. The summed E-state index contributed by atoms with van der Waals surface area (Å²) in [4.78, 5) is 11.3. The molecular weight excluding hydrogens is 247 g/mol. The second kappa shape index (κ2) is 5.16. The van der Waals surface area contributed by atoms with E-state index in [2.05, 4.69) is 5.32 Å². The van der Waals surface area contributed by atoms with Crippen LogP contribution in [0.5, 0.6) is 0 Å². The van der Waals surface area contributed by atoms with Gasteiger partial charge in [-0.15, -0.1) is 0 Å². The molecule has 4 nitrogen and oxygen atoms in total. The van der Waals surface area contributed by atoms with Gasteiger partial charge in [-0.2, -0.15) is 13.2 Å². The summed E-state index contributed by atoms with van der Waals surface area (Å²) >= 11 is 0. The van der Waals surface area contributed by atoms with Gasteiger partial charge in [-0.25, -0.2) is 4.79 Å². The molecule has 4 N–H and O–H groups in total. The molecule has 1 aromatic rings. The SMILES string of the molecule is Cc1cc(NC(=O)NCC(F)(F)F)c(C)cc1N. The number of nitrogens with one attached hydrogen (secondary N) is 2. The highest BCUT2D eigenvalue weighted by molar-refractivity contribution is 5.90. The second-order valence-corrected chi connectivity index (χ2v) is 3.95. The smallest absolute Gasteiger partial charge is 0.399 e. The first-order chi connectivity index (χ1) is 8.19. The predicted octanol–water partition coefficient (Wildman–Crippen LogP) is 2.57. The number of carbonyl (C=O) groups is 1. The Balaban J connectivity index is 2.68. The number of benzene rings is 1. The molecule has 0 unspecified atom stereocenters. The minimum atomic E-state index is -4.43. The lowest BCUT2D eigenvalue weighted by molar-refractivity contribution is -0.122. The fraction of sp³-hybridized carbons (Fsp3) is 0.364. The van der Waals surface area contributed by atoms with E-state index in [9.17, 15) is 18.0 Å².